The molecule has 0 unspecified atom stereocenters. The summed E-state index contributed by atoms with van der Waals surface area (Å²) >= 11 is 0. The Hall–Kier alpha value is -2.57. The molecule has 0 atom stereocenters. The number of carbonyl (C=O) groups excluding carboxylic acids is 1. The summed E-state index contributed by atoms with van der Waals surface area (Å²) in [5.74, 6) is -0.295. The van der Waals surface area contributed by atoms with Crippen molar-refractivity contribution in [3.8, 4) is 0 Å². The molecule has 0 saturated carbocycles. The number of nitrogens with two attached hydrogens (primary N) is 3. The van der Waals surface area contributed by atoms with Crippen LogP contribution in [0.1, 0.15) is 10.4 Å². The van der Waals surface area contributed by atoms with Gasteiger partial charge in [-0.15, -0.1) is 4.99 Å². The average molecular weight is 237 g/mol. The van der Waals surface area contributed by atoms with E-state index in [0.717, 1.165) is 0 Å². The van der Waals surface area contributed by atoms with Gasteiger partial charge in [0.25, 0.3) is 5.96 Å². The first-order valence-corrected chi connectivity index (χ1v) is 4.75. The first-order chi connectivity index (χ1) is 8.02. The lowest BCUT2D eigenvalue weighted by molar-refractivity contribution is -0.459. The molecule has 0 aliphatic carbocycles. The van der Waals surface area contributed by atoms with Gasteiger partial charge in [-0.05, 0) is 12.1 Å². The molecule has 17 heavy (non-hydrogen) atoms. The van der Waals surface area contributed by atoms with Gasteiger partial charge >= 0.3 is 11.9 Å². The highest BCUT2D eigenvalue weighted by Crippen LogP contribution is 2.05. The number of ether oxygens (including phenoxy) is 1. The maximum Gasteiger partial charge on any atom is 0.522 e. The van der Waals surface area contributed by atoms with Crippen molar-refractivity contribution in [3.63, 3.8) is 0 Å². The van der Waals surface area contributed by atoms with Crippen molar-refractivity contribution < 1.29 is 19.5 Å². The third-order valence-corrected chi connectivity index (χ3v) is 1.84. The van der Waals surface area contributed by atoms with Crippen LogP contribution in [0.3, 0.4) is 0 Å². The van der Waals surface area contributed by atoms with E-state index in [-0.39, 0.29) is 11.9 Å². The maximum atomic E-state index is 11.3. The number of carbonyl (C=O) groups is 1. The molecule has 1 aromatic rings. The van der Waals surface area contributed by atoms with Crippen molar-refractivity contribution in [1.29, 1.82) is 0 Å². The number of guanidine groups is 2. The van der Waals surface area contributed by atoms with E-state index in [2.05, 4.69) is 14.7 Å². The van der Waals surface area contributed by atoms with Crippen molar-refractivity contribution >= 4 is 23.6 Å². The van der Waals surface area contributed by atoms with E-state index < -0.39 is 5.97 Å². The van der Waals surface area contributed by atoms with Gasteiger partial charge < -0.3 is 16.2 Å². The summed E-state index contributed by atoms with van der Waals surface area (Å²) in [5, 5.41) is 0. The minimum atomic E-state index is -0.426. The normalized spacial score (nSPS) is 10.8. The maximum absolute atomic E-state index is 11.3. The summed E-state index contributed by atoms with van der Waals surface area (Å²) in [6.07, 6.45) is 0. The third kappa shape index (κ3) is 3.82. The Labute approximate surface area is 98.0 Å². The Balaban J connectivity index is 3.00. The van der Waals surface area contributed by atoms with E-state index in [0.29, 0.717) is 11.3 Å². The number of methoxy groups -OCH3 is 1. The van der Waals surface area contributed by atoms with Gasteiger partial charge in [0.15, 0.2) is 5.69 Å². The standard InChI is InChI=1S/C10H13N5O2/c1-17-8(16)6-3-2-4-7(5-6)14-10(13)15-9(11)12/h2-5H,1H3,(H6,11,12,13,14,15)/p+2. The van der Waals surface area contributed by atoms with E-state index in [1.807, 2.05) is 0 Å². The number of hydrogen-bond acceptors (Lipinski definition) is 2. The summed E-state index contributed by atoms with van der Waals surface area (Å²) in [5.41, 5.74) is 17.0. The fourth-order valence-corrected chi connectivity index (χ4v) is 1.18. The van der Waals surface area contributed by atoms with Crippen LogP contribution >= 0.6 is 0 Å². The second-order valence-electron chi connectivity index (χ2n) is 3.19. The lowest BCUT2D eigenvalue weighted by atomic mass is 10.2. The van der Waals surface area contributed by atoms with Crippen molar-refractivity contribution in [2.45, 2.75) is 0 Å². The molecule has 0 saturated heterocycles. The number of nitrogens with one attached hydrogen (secondary N) is 2. The summed E-state index contributed by atoms with van der Waals surface area (Å²) in [6.45, 7) is 0. The fraction of sp³-hybridized carbons (Fsp3) is 0.100. The quantitative estimate of drug-likeness (QED) is 0.202. The number of rotatable bonds is 2. The van der Waals surface area contributed by atoms with Crippen LogP contribution in [0.25, 0.3) is 0 Å². The molecule has 0 heterocycles. The molecule has 0 amide bonds. The topological polar surface area (TPSA) is 132 Å². The predicted octanol–water partition coefficient (Wildman–Crippen LogP) is -4.15. The van der Waals surface area contributed by atoms with Gasteiger partial charge in [-0.25, -0.2) is 10.5 Å². The molecule has 8 N–H and O–H groups in total. The van der Waals surface area contributed by atoms with Crippen molar-refractivity contribution in [3.05, 3.63) is 29.8 Å². The highest BCUT2D eigenvalue weighted by molar-refractivity contribution is 5.90. The average Bonchev–Trinajstić information content (AvgIpc) is 2.27. The molecule has 0 fully saturated rings. The fourth-order valence-electron chi connectivity index (χ4n) is 1.18. The summed E-state index contributed by atoms with van der Waals surface area (Å²) in [6, 6.07) is 6.64. The number of hydrogen-bond donors (Lipinski definition) is 5. The van der Waals surface area contributed by atoms with Crippen molar-refractivity contribution in [1.82, 2.24) is 0 Å². The molecular weight excluding hydrogens is 222 g/mol. The molecule has 7 nitrogen and oxygen atoms in total. The Morgan fingerprint density at radius 3 is 2.59 bits per heavy atom. The first kappa shape index (κ1) is 12.5. The van der Waals surface area contributed by atoms with E-state index in [1.54, 1.807) is 24.3 Å². The molecule has 7 heteroatoms. The van der Waals surface area contributed by atoms with E-state index in [9.17, 15) is 4.79 Å². The van der Waals surface area contributed by atoms with Gasteiger partial charge in [-0.2, -0.15) is 4.99 Å². The molecule has 0 aliphatic heterocycles. The van der Waals surface area contributed by atoms with Crippen LogP contribution in [0.15, 0.2) is 24.3 Å². The Bertz CT molecular complexity index is 477. The van der Waals surface area contributed by atoms with Gasteiger partial charge in [0.2, 0.25) is 0 Å². The SMILES string of the molecule is COC(=O)c1cccc([NH+]=C(N)[NH+]=C(N)N)c1. The van der Waals surface area contributed by atoms with Crippen molar-refractivity contribution in [2.75, 3.05) is 7.11 Å². The zero-order valence-corrected chi connectivity index (χ0v) is 9.36. The highest BCUT2D eigenvalue weighted by Gasteiger charge is 2.09. The Morgan fingerprint density at radius 2 is 2.00 bits per heavy atom. The molecule has 1 rings (SSSR count). The molecular formula is C10H15N5O2+2. The molecule has 0 spiro atoms. The largest absolute Gasteiger partial charge is 0.522 e. The molecule has 90 valence electrons. The monoisotopic (exact) mass is 237 g/mol. The second kappa shape index (κ2) is 5.50. The van der Waals surface area contributed by atoms with E-state index in [4.69, 9.17) is 17.2 Å². The summed E-state index contributed by atoms with van der Waals surface area (Å²) in [7, 11) is 1.31. The lowest BCUT2D eigenvalue weighted by Gasteiger charge is -1.97. The molecule has 0 aliphatic rings. The van der Waals surface area contributed by atoms with Crippen LogP contribution in [-0.2, 0) is 4.74 Å². The van der Waals surface area contributed by atoms with Gasteiger partial charge in [0.05, 0.1) is 12.7 Å². The molecule has 0 bridgehead atoms. The smallest absolute Gasteiger partial charge is 0.465 e. The van der Waals surface area contributed by atoms with Gasteiger partial charge in [-0.1, -0.05) is 6.07 Å². The number of benzene rings is 1. The molecule has 0 radical (unpaired) electrons. The predicted molar refractivity (Wildman–Crippen MR) is 61.9 cm³/mol. The third-order valence-electron chi connectivity index (χ3n) is 1.84. The molecule has 0 aromatic heterocycles. The van der Waals surface area contributed by atoms with Crippen molar-refractivity contribution in [2.24, 2.45) is 17.2 Å². The van der Waals surface area contributed by atoms with Gasteiger partial charge in [-0.3, -0.25) is 0 Å². The summed E-state index contributed by atoms with van der Waals surface area (Å²) < 4.78 is 4.60. The first-order valence-electron chi connectivity index (χ1n) is 4.75. The Morgan fingerprint density at radius 1 is 1.29 bits per heavy atom. The lowest BCUT2D eigenvalue weighted by Crippen LogP contribution is -2.96. The van der Waals surface area contributed by atoms with Crippen LogP contribution in [-0.4, -0.2) is 25.0 Å². The minimum Gasteiger partial charge on any atom is -0.465 e. The van der Waals surface area contributed by atoms with Gasteiger partial charge in [0.1, 0.15) is 0 Å². The second-order valence-corrected chi connectivity index (χ2v) is 3.19. The van der Waals surface area contributed by atoms with Crippen LogP contribution in [0, 0.1) is 0 Å². The summed E-state index contributed by atoms with van der Waals surface area (Å²) in [4.78, 5) is 16.6. The zero-order valence-electron chi connectivity index (χ0n) is 9.36. The van der Waals surface area contributed by atoms with Gasteiger partial charge in [0, 0.05) is 6.07 Å². The molecule has 1 aromatic carbocycles. The minimum absolute atomic E-state index is 0.0286. The van der Waals surface area contributed by atoms with E-state index >= 15 is 0 Å². The Kier molecular flexibility index (Phi) is 4.04. The number of esters is 1. The van der Waals surface area contributed by atoms with Crippen LogP contribution in [0.5, 0.6) is 0 Å². The van der Waals surface area contributed by atoms with Crippen LogP contribution in [0.2, 0.25) is 0 Å². The highest BCUT2D eigenvalue weighted by atomic mass is 16.5. The van der Waals surface area contributed by atoms with E-state index in [1.165, 1.54) is 7.11 Å². The van der Waals surface area contributed by atoms with Crippen LogP contribution < -0.4 is 27.2 Å². The zero-order chi connectivity index (χ0) is 12.8. The van der Waals surface area contributed by atoms with Crippen LogP contribution in [0.4, 0.5) is 5.69 Å².